The highest BCUT2D eigenvalue weighted by atomic mass is 16.5. The summed E-state index contributed by atoms with van der Waals surface area (Å²) >= 11 is 0. The van der Waals surface area contributed by atoms with Gasteiger partial charge < -0.3 is 13.8 Å². The molecular formula is C27H30N4O3. The van der Waals surface area contributed by atoms with Crippen molar-refractivity contribution >= 4 is 10.9 Å². The Morgan fingerprint density at radius 2 is 1.91 bits per heavy atom. The molecule has 34 heavy (non-hydrogen) atoms. The maximum atomic E-state index is 12.9. The van der Waals surface area contributed by atoms with Crippen molar-refractivity contribution in [2.45, 2.75) is 39.7 Å². The van der Waals surface area contributed by atoms with Crippen molar-refractivity contribution in [1.29, 1.82) is 0 Å². The lowest BCUT2D eigenvalue weighted by atomic mass is 10.0. The number of pyridine rings is 2. The van der Waals surface area contributed by atoms with Gasteiger partial charge in [-0.15, -0.1) is 0 Å². The van der Waals surface area contributed by atoms with Crippen molar-refractivity contribution < 1.29 is 9.26 Å². The summed E-state index contributed by atoms with van der Waals surface area (Å²) < 4.78 is 13.6. The molecule has 3 aromatic heterocycles. The molecule has 7 nitrogen and oxygen atoms in total. The Morgan fingerprint density at radius 1 is 1.06 bits per heavy atom. The average Bonchev–Trinajstić information content (AvgIpc) is 3.19. The Balaban J connectivity index is 1.56. The largest absolute Gasteiger partial charge is 0.492 e. The second-order valence-electron chi connectivity index (χ2n) is 8.94. The first-order chi connectivity index (χ1) is 16.6. The summed E-state index contributed by atoms with van der Waals surface area (Å²) in [6.45, 7) is 7.97. The molecule has 0 N–H and O–H groups in total. The van der Waals surface area contributed by atoms with Crippen LogP contribution in [0.4, 0.5) is 0 Å². The van der Waals surface area contributed by atoms with Crippen molar-refractivity contribution in [3.63, 3.8) is 0 Å². The first-order valence-corrected chi connectivity index (χ1v) is 12.0. The molecule has 0 aliphatic carbocycles. The molecule has 0 amide bonds. The zero-order chi connectivity index (χ0) is 23.5. The number of aryl methyl sites for hydroxylation is 2. The number of piperidine rings is 1. The van der Waals surface area contributed by atoms with Crippen LogP contribution in [0, 0.1) is 13.8 Å². The van der Waals surface area contributed by atoms with Gasteiger partial charge in [0.2, 0.25) is 0 Å². The van der Waals surface area contributed by atoms with Gasteiger partial charge in [-0.05, 0) is 69.4 Å². The topological polar surface area (TPSA) is 73.4 Å². The number of aromatic nitrogens is 3. The number of nitrogens with zero attached hydrogens (tertiary/aromatic N) is 4. The highest BCUT2D eigenvalue weighted by Gasteiger charge is 2.19. The molecule has 1 aliphatic rings. The highest BCUT2D eigenvalue weighted by Crippen LogP contribution is 2.37. The van der Waals surface area contributed by atoms with Crippen molar-refractivity contribution in [1.82, 2.24) is 19.6 Å². The smallest absolute Gasteiger partial charge is 0.251 e. The minimum atomic E-state index is -0.0671. The van der Waals surface area contributed by atoms with Crippen molar-refractivity contribution in [2.75, 3.05) is 26.2 Å². The lowest BCUT2D eigenvalue weighted by Crippen LogP contribution is -2.33. The van der Waals surface area contributed by atoms with E-state index in [1.165, 1.54) is 19.3 Å². The van der Waals surface area contributed by atoms with Gasteiger partial charge in [0.25, 0.3) is 5.56 Å². The Labute approximate surface area is 199 Å². The van der Waals surface area contributed by atoms with Gasteiger partial charge in [-0.1, -0.05) is 17.6 Å². The van der Waals surface area contributed by atoms with Crippen molar-refractivity contribution in [3.05, 3.63) is 76.2 Å². The van der Waals surface area contributed by atoms with E-state index in [9.17, 15) is 4.79 Å². The van der Waals surface area contributed by atoms with Crippen LogP contribution < -0.4 is 10.3 Å². The van der Waals surface area contributed by atoms with Gasteiger partial charge in [0, 0.05) is 30.4 Å². The Hall–Kier alpha value is -3.45. The fraction of sp³-hybridized carbons (Fsp3) is 0.370. The molecule has 5 rings (SSSR count). The molecule has 0 saturated carbocycles. The van der Waals surface area contributed by atoms with Gasteiger partial charge in [-0.25, -0.2) is 0 Å². The van der Waals surface area contributed by atoms with E-state index in [0.29, 0.717) is 13.2 Å². The quantitative estimate of drug-likeness (QED) is 0.404. The van der Waals surface area contributed by atoms with E-state index in [0.717, 1.165) is 64.6 Å². The summed E-state index contributed by atoms with van der Waals surface area (Å²) in [7, 11) is 0. The number of benzene rings is 1. The fourth-order valence-corrected chi connectivity index (χ4v) is 4.79. The van der Waals surface area contributed by atoms with Crippen LogP contribution in [-0.2, 0) is 6.54 Å². The zero-order valence-electron chi connectivity index (χ0n) is 19.8. The summed E-state index contributed by atoms with van der Waals surface area (Å²) in [6.07, 6.45) is 5.56. The fourth-order valence-electron chi connectivity index (χ4n) is 4.79. The molecule has 1 fully saturated rings. The van der Waals surface area contributed by atoms with Gasteiger partial charge in [0.15, 0.2) is 0 Å². The molecule has 4 aromatic rings. The van der Waals surface area contributed by atoms with Crippen LogP contribution in [0.2, 0.25) is 0 Å². The number of rotatable bonds is 7. The molecule has 4 heterocycles. The summed E-state index contributed by atoms with van der Waals surface area (Å²) in [4.78, 5) is 19.7. The minimum absolute atomic E-state index is 0.0671. The van der Waals surface area contributed by atoms with E-state index in [1.807, 2.05) is 44.2 Å². The summed E-state index contributed by atoms with van der Waals surface area (Å²) in [6, 6.07) is 13.3. The number of hydrogen-bond donors (Lipinski definition) is 0. The molecular weight excluding hydrogens is 428 g/mol. The Bertz CT molecular complexity index is 1320. The predicted octanol–water partition coefficient (Wildman–Crippen LogP) is 4.58. The monoisotopic (exact) mass is 458 g/mol. The first kappa shape index (κ1) is 22.3. The van der Waals surface area contributed by atoms with E-state index in [1.54, 1.807) is 16.8 Å². The van der Waals surface area contributed by atoms with E-state index in [2.05, 4.69) is 21.1 Å². The lowest BCUT2D eigenvalue weighted by Gasteiger charge is -2.26. The molecule has 0 bridgehead atoms. The molecule has 0 unspecified atom stereocenters. The second kappa shape index (κ2) is 9.81. The maximum Gasteiger partial charge on any atom is 0.251 e. The molecule has 0 spiro atoms. The number of hydrogen-bond acceptors (Lipinski definition) is 6. The van der Waals surface area contributed by atoms with Gasteiger partial charge in [0.05, 0.1) is 29.0 Å². The Kier molecular flexibility index (Phi) is 6.45. The minimum Gasteiger partial charge on any atom is -0.492 e. The standard InChI is InChI=1S/C27H30N4O3/c1-19-27(20(2)34-29-19)23-16-21-9-10-26(32)31(18-22-8-4-5-11-28-22)24(21)17-25(23)33-15-14-30-12-6-3-7-13-30/h4-5,8-11,16-17H,3,6-7,12-15,18H2,1-2H3. The summed E-state index contributed by atoms with van der Waals surface area (Å²) in [5.41, 5.74) is 4.28. The van der Waals surface area contributed by atoms with Crippen LogP contribution in [0.5, 0.6) is 5.75 Å². The van der Waals surface area contributed by atoms with Gasteiger partial charge in [0.1, 0.15) is 18.1 Å². The van der Waals surface area contributed by atoms with E-state index < -0.39 is 0 Å². The maximum absolute atomic E-state index is 12.9. The molecule has 1 saturated heterocycles. The number of fused-ring (bicyclic) bond motifs is 1. The van der Waals surface area contributed by atoms with Gasteiger partial charge in [-0.2, -0.15) is 0 Å². The third-order valence-electron chi connectivity index (χ3n) is 6.55. The molecule has 176 valence electrons. The third-order valence-corrected chi connectivity index (χ3v) is 6.55. The lowest BCUT2D eigenvalue weighted by molar-refractivity contribution is 0.184. The van der Waals surface area contributed by atoms with Crippen LogP contribution in [-0.4, -0.2) is 45.8 Å². The molecule has 0 radical (unpaired) electrons. The summed E-state index contributed by atoms with van der Waals surface area (Å²) in [5.74, 6) is 1.49. The number of likely N-dealkylation sites (tertiary alicyclic amines) is 1. The number of ether oxygens (including phenoxy) is 1. The third kappa shape index (κ3) is 4.61. The predicted molar refractivity (Wildman–Crippen MR) is 132 cm³/mol. The first-order valence-electron chi connectivity index (χ1n) is 12.0. The molecule has 0 atom stereocenters. The van der Waals surface area contributed by atoms with E-state index in [4.69, 9.17) is 9.26 Å². The molecule has 7 heteroatoms. The van der Waals surface area contributed by atoms with Crippen LogP contribution >= 0.6 is 0 Å². The van der Waals surface area contributed by atoms with E-state index in [-0.39, 0.29) is 5.56 Å². The van der Waals surface area contributed by atoms with E-state index >= 15 is 0 Å². The molecule has 1 aromatic carbocycles. The van der Waals surface area contributed by atoms with Crippen LogP contribution in [0.3, 0.4) is 0 Å². The van der Waals surface area contributed by atoms with Gasteiger partial charge in [-0.3, -0.25) is 14.7 Å². The van der Waals surface area contributed by atoms with Crippen molar-refractivity contribution in [2.24, 2.45) is 0 Å². The zero-order valence-corrected chi connectivity index (χ0v) is 19.8. The normalized spacial score (nSPS) is 14.5. The SMILES string of the molecule is Cc1noc(C)c1-c1cc2ccc(=O)n(Cc3ccccn3)c2cc1OCCN1CCCCC1. The highest BCUT2D eigenvalue weighted by molar-refractivity contribution is 5.89. The molecule has 1 aliphatic heterocycles. The van der Waals surface area contributed by atoms with Crippen molar-refractivity contribution in [3.8, 4) is 16.9 Å². The second-order valence-corrected chi connectivity index (χ2v) is 8.94. The van der Waals surface area contributed by atoms with Gasteiger partial charge >= 0.3 is 0 Å². The summed E-state index contributed by atoms with van der Waals surface area (Å²) in [5, 5.41) is 5.11. The van der Waals surface area contributed by atoms with Crippen LogP contribution in [0.15, 0.2) is 58.0 Å². The Morgan fingerprint density at radius 3 is 2.65 bits per heavy atom. The van der Waals surface area contributed by atoms with Crippen LogP contribution in [0.1, 0.15) is 36.4 Å². The average molecular weight is 459 g/mol. The van der Waals surface area contributed by atoms with Crippen LogP contribution in [0.25, 0.3) is 22.0 Å².